The van der Waals surface area contributed by atoms with Gasteiger partial charge in [0.25, 0.3) is 0 Å². The van der Waals surface area contributed by atoms with E-state index in [0.29, 0.717) is 0 Å². The van der Waals surface area contributed by atoms with E-state index < -0.39 is 0 Å². The van der Waals surface area contributed by atoms with E-state index in [9.17, 15) is 0 Å². The highest BCUT2D eigenvalue weighted by Gasteiger charge is 2.02. The molecule has 0 spiro atoms. The van der Waals surface area contributed by atoms with Gasteiger partial charge in [-0.05, 0) is 29.0 Å². The van der Waals surface area contributed by atoms with Crippen LogP contribution in [0.15, 0.2) is 14.3 Å². The first kappa shape index (κ1) is 12.5. The van der Waals surface area contributed by atoms with Crippen LogP contribution in [0.1, 0.15) is 13.8 Å². The predicted molar refractivity (Wildman–Crippen MR) is 68.3 cm³/mol. The van der Waals surface area contributed by atoms with Gasteiger partial charge in [-0.3, -0.25) is 0 Å². The molecule has 1 heterocycles. The summed E-state index contributed by atoms with van der Waals surface area (Å²) in [5, 5.41) is 2.03. The van der Waals surface area contributed by atoms with E-state index in [1.165, 1.54) is 0 Å². The van der Waals surface area contributed by atoms with Gasteiger partial charge in [0.1, 0.15) is 4.60 Å². The minimum atomic E-state index is 0.952. The summed E-state index contributed by atoms with van der Waals surface area (Å²) in [6.45, 7) is 7.83. The maximum absolute atomic E-state index is 4.34. The molecule has 0 fully saturated rings. The van der Waals surface area contributed by atoms with Crippen molar-refractivity contribution in [1.82, 2.24) is 9.88 Å². The fourth-order valence-electron chi connectivity index (χ4n) is 1.11. The lowest BCUT2D eigenvalue weighted by molar-refractivity contribution is 0.324. The highest BCUT2D eigenvalue weighted by atomic mass is 79.9. The first-order valence-electron chi connectivity index (χ1n) is 4.72. The van der Waals surface area contributed by atoms with Crippen LogP contribution in [0.5, 0.6) is 0 Å². The molecule has 0 aliphatic carbocycles. The number of hydrogen-bond acceptors (Lipinski definition) is 4. The fraction of sp³-hybridized carbons (Fsp3) is 0.667. The van der Waals surface area contributed by atoms with Crippen LogP contribution < -0.4 is 0 Å². The SMILES string of the molecule is CCN(CC)CCSc1nc(Br)cs1. The highest BCUT2D eigenvalue weighted by Crippen LogP contribution is 2.24. The molecule has 2 nitrogen and oxygen atoms in total. The number of rotatable bonds is 6. The van der Waals surface area contributed by atoms with Gasteiger partial charge in [0.2, 0.25) is 0 Å². The van der Waals surface area contributed by atoms with Crippen LogP contribution in [0.2, 0.25) is 0 Å². The molecule has 1 rings (SSSR count). The zero-order valence-electron chi connectivity index (χ0n) is 8.49. The molecule has 1 aromatic heterocycles. The Labute approximate surface area is 102 Å². The molecule has 0 aromatic carbocycles. The van der Waals surface area contributed by atoms with Crippen molar-refractivity contribution < 1.29 is 0 Å². The summed E-state index contributed by atoms with van der Waals surface area (Å²) in [6.07, 6.45) is 0. The van der Waals surface area contributed by atoms with Crippen molar-refractivity contribution in [2.75, 3.05) is 25.4 Å². The third-order valence-electron chi connectivity index (χ3n) is 1.98. The zero-order valence-corrected chi connectivity index (χ0v) is 11.7. The Balaban J connectivity index is 2.21. The molecule has 0 saturated carbocycles. The lowest BCUT2D eigenvalue weighted by Gasteiger charge is -2.16. The molecule has 0 atom stereocenters. The molecule has 5 heteroatoms. The largest absolute Gasteiger partial charge is 0.303 e. The number of thioether (sulfide) groups is 1. The molecule has 14 heavy (non-hydrogen) atoms. The fourth-order valence-corrected chi connectivity index (χ4v) is 3.55. The van der Waals surface area contributed by atoms with Crippen molar-refractivity contribution in [2.24, 2.45) is 0 Å². The summed E-state index contributed by atoms with van der Waals surface area (Å²) in [5.74, 6) is 1.13. The number of hydrogen-bond donors (Lipinski definition) is 0. The molecule has 0 saturated heterocycles. The highest BCUT2D eigenvalue weighted by molar-refractivity contribution is 9.10. The van der Waals surface area contributed by atoms with E-state index in [-0.39, 0.29) is 0 Å². The van der Waals surface area contributed by atoms with Gasteiger partial charge in [0.05, 0.1) is 0 Å². The Kier molecular flexibility index (Phi) is 6.09. The van der Waals surface area contributed by atoms with E-state index in [1.54, 1.807) is 11.3 Å². The van der Waals surface area contributed by atoms with Crippen LogP contribution in [-0.2, 0) is 0 Å². The standard InChI is InChI=1S/C9H15BrN2S2/c1-3-12(4-2)5-6-13-9-11-8(10)7-14-9/h7H,3-6H2,1-2H3. The summed E-state index contributed by atoms with van der Waals surface area (Å²) >= 11 is 6.89. The average molecular weight is 295 g/mol. The second-order valence-electron chi connectivity index (χ2n) is 2.81. The minimum absolute atomic E-state index is 0.952. The van der Waals surface area contributed by atoms with Gasteiger partial charge in [-0.15, -0.1) is 11.3 Å². The van der Waals surface area contributed by atoms with Crippen molar-refractivity contribution in [1.29, 1.82) is 0 Å². The second-order valence-corrected chi connectivity index (χ2v) is 5.82. The van der Waals surface area contributed by atoms with Crippen LogP contribution in [0.25, 0.3) is 0 Å². The van der Waals surface area contributed by atoms with Crippen molar-refractivity contribution >= 4 is 39.0 Å². The smallest absolute Gasteiger partial charge is 0.151 e. The van der Waals surface area contributed by atoms with Gasteiger partial charge in [-0.25, -0.2) is 4.98 Å². The van der Waals surface area contributed by atoms with Crippen molar-refractivity contribution in [2.45, 2.75) is 18.2 Å². The third-order valence-corrected chi connectivity index (χ3v) is 4.69. The monoisotopic (exact) mass is 294 g/mol. The lowest BCUT2D eigenvalue weighted by atomic mass is 10.5. The Hall–Kier alpha value is 0.420. The van der Waals surface area contributed by atoms with Gasteiger partial charge in [0, 0.05) is 17.7 Å². The molecule has 0 unspecified atom stereocenters. The summed E-state index contributed by atoms with van der Waals surface area (Å²) in [5.41, 5.74) is 0. The van der Waals surface area contributed by atoms with Crippen LogP contribution >= 0.6 is 39.0 Å². The molecule has 0 N–H and O–H groups in total. The normalized spacial score (nSPS) is 11.1. The quantitative estimate of drug-likeness (QED) is 0.749. The summed E-state index contributed by atoms with van der Waals surface area (Å²) < 4.78 is 2.11. The van der Waals surface area contributed by atoms with E-state index in [0.717, 1.165) is 34.3 Å². The van der Waals surface area contributed by atoms with E-state index in [4.69, 9.17) is 0 Å². The molecule has 0 aliphatic rings. The van der Waals surface area contributed by atoms with E-state index in [2.05, 4.69) is 39.7 Å². The Morgan fingerprint density at radius 3 is 2.71 bits per heavy atom. The van der Waals surface area contributed by atoms with Crippen molar-refractivity contribution in [3.8, 4) is 0 Å². The van der Waals surface area contributed by atoms with Gasteiger partial charge >= 0.3 is 0 Å². The molecular weight excluding hydrogens is 280 g/mol. The summed E-state index contributed by atoms with van der Waals surface area (Å²) in [4.78, 5) is 6.77. The zero-order chi connectivity index (χ0) is 10.4. The Morgan fingerprint density at radius 2 is 2.21 bits per heavy atom. The number of halogens is 1. The van der Waals surface area contributed by atoms with Crippen LogP contribution in [-0.4, -0.2) is 35.3 Å². The Morgan fingerprint density at radius 1 is 1.50 bits per heavy atom. The average Bonchev–Trinajstić information content (AvgIpc) is 2.59. The number of aromatic nitrogens is 1. The van der Waals surface area contributed by atoms with Crippen molar-refractivity contribution in [3.05, 3.63) is 9.98 Å². The third kappa shape index (κ3) is 4.29. The molecular formula is C9H15BrN2S2. The van der Waals surface area contributed by atoms with Gasteiger partial charge in [0.15, 0.2) is 4.34 Å². The maximum Gasteiger partial charge on any atom is 0.151 e. The predicted octanol–water partition coefficient (Wildman–Crippen LogP) is 3.34. The lowest BCUT2D eigenvalue weighted by Crippen LogP contribution is -2.25. The Bertz CT molecular complexity index is 261. The first-order valence-corrected chi connectivity index (χ1v) is 7.38. The summed E-state index contributed by atoms with van der Waals surface area (Å²) in [6, 6.07) is 0. The van der Waals surface area contributed by atoms with Crippen LogP contribution in [0.4, 0.5) is 0 Å². The number of thiazole rings is 1. The van der Waals surface area contributed by atoms with Crippen LogP contribution in [0.3, 0.4) is 0 Å². The molecule has 0 radical (unpaired) electrons. The molecule has 80 valence electrons. The first-order chi connectivity index (χ1) is 6.76. The van der Waals surface area contributed by atoms with E-state index >= 15 is 0 Å². The summed E-state index contributed by atoms with van der Waals surface area (Å²) in [7, 11) is 0. The van der Waals surface area contributed by atoms with E-state index in [1.807, 2.05) is 17.1 Å². The molecule has 0 aliphatic heterocycles. The van der Waals surface area contributed by atoms with Crippen LogP contribution in [0, 0.1) is 0 Å². The number of nitrogens with zero attached hydrogens (tertiary/aromatic N) is 2. The topological polar surface area (TPSA) is 16.1 Å². The maximum atomic E-state index is 4.34. The van der Waals surface area contributed by atoms with Crippen molar-refractivity contribution in [3.63, 3.8) is 0 Å². The molecule has 0 bridgehead atoms. The minimum Gasteiger partial charge on any atom is -0.303 e. The second kappa shape index (κ2) is 6.82. The molecule has 1 aromatic rings. The van der Waals surface area contributed by atoms with Gasteiger partial charge in [-0.2, -0.15) is 0 Å². The molecule has 0 amide bonds. The van der Waals surface area contributed by atoms with Gasteiger partial charge in [-0.1, -0.05) is 25.6 Å². The van der Waals surface area contributed by atoms with Gasteiger partial charge < -0.3 is 4.90 Å².